The van der Waals surface area contributed by atoms with E-state index in [0.29, 0.717) is 6.54 Å². The van der Waals surface area contributed by atoms with Gasteiger partial charge in [0.2, 0.25) is 5.91 Å². The van der Waals surface area contributed by atoms with Crippen LogP contribution in [0.4, 0.5) is 0 Å². The number of hydrogen-bond acceptors (Lipinski definition) is 3. The molecule has 1 fully saturated rings. The van der Waals surface area contributed by atoms with Gasteiger partial charge < -0.3 is 10.6 Å². The molecule has 1 atom stereocenters. The Hall–Kier alpha value is -0.390. The van der Waals surface area contributed by atoms with Gasteiger partial charge in [-0.15, -0.1) is 11.3 Å². The summed E-state index contributed by atoms with van der Waals surface area (Å²) in [6.07, 6.45) is 3.29. The van der Waals surface area contributed by atoms with Crippen LogP contribution >= 0.6 is 27.3 Å². The lowest BCUT2D eigenvalue weighted by Gasteiger charge is -2.22. The quantitative estimate of drug-likeness (QED) is 0.899. The van der Waals surface area contributed by atoms with E-state index in [0.717, 1.165) is 23.2 Å². The Bertz CT molecular complexity index is 361. The third-order valence-electron chi connectivity index (χ3n) is 2.69. The van der Waals surface area contributed by atoms with E-state index in [1.54, 1.807) is 11.3 Å². The summed E-state index contributed by atoms with van der Waals surface area (Å²) >= 11 is 5.07. The molecule has 88 valence electrons. The van der Waals surface area contributed by atoms with Gasteiger partial charge in [0.1, 0.15) is 0 Å². The smallest absolute Gasteiger partial charge is 0.237 e. The van der Waals surface area contributed by atoms with Gasteiger partial charge in [0.25, 0.3) is 0 Å². The molecule has 0 radical (unpaired) electrons. The summed E-state index contributed by atoms with van der Waals surface area (Å²) in [6, 6.07) is 4.05. The van der Waals surface area contributed by atoms with Crippen molar-refractivity contribution in [2.24, 2.45) is 0 Å². The number of thiophene rings is 1. The van der Waals surface area contributed by atoms with Gasteiger partial charge in [-0.2, -0.15) is 0 Å². The molecule has 1 aromatic heterocycles. The van der Waals surface area contributed by atoms with Crippen molar-refractivity contribution in [2.75, 3.05) is 6.54 Å². The Morgan fingerprint density at radius 2 is 2.44 bits per heavy atom. The SMILES string of the molecule is O=C(NCc1ccc(Br)s1)[C@@H]1CCCCN1. The topological polar surface area (TPSA) is 41.1 Å². The first-order chi connectivity index (χ1) is 7.75. The molecule has 1 aliphatic heterocycles. The average molecular weight is 303 g/mol. The van der Waals surface area contributed by atoms with Crippen LogP contribution in [-0.2, 0) is 11.3 Å². The maximum Gasteiger partial charge on any atom is 0.237 e. The largest absolute Gasteiger partial charge is 0.350 e. The molecule has 16 heavy (non-hydrogen) atoms. The molecule has 0 saturated carbocycles. The molecule has 0 aliphatic carbocycles. The van der Waals surface area contributed by atoms with Crippen LogP contribution in [0, 0.1) is 0 Å². The van der Waals surface area contributed by atoms with Crippen molar-refractivity contribution in [1.82, 2.24) is 10.6 Å². The fourth-order valence-corrected chi connectivity index (χ4v) is 3.24. The molecular weight excluding hydrogens is 288 g/mol. The molecule has 0 aromatic carbocycles. The maximum atomic E-state index is 11.8. The molecule has 3 nitrogen and oxygen atoms in total. The number of halogens is 1. The highest BCUT2D eigenvalue weighted by atomic mass is 79.9. The molecule has 2 rings (SSSR count). The molecule has 0 spiro atoms. The number of nitrogens with one attached hydrogen (secondary N) is 2. The number of piperidine rings is 1. The van der Waals surface area contributed by atoms with Crippen LogP contribution in [0.15, 0.2) is 15.9 Å². The van der Waals surface area contributed by atoms with Gasteiger partial charge in [0.15, 0.2) is 0 Å². The minimum absolute atomic E-state index is 0.0113. The number of carbonyl (C=O) groups is 1. The van der Waals surface area contributed by atoms with Crippen molar-refractivity contribution < 1.29 is 4.79 Å². The summed E-state index contributed by atoms with van der Waals surface area (Å²) in [5.74, 6) is 0.129. The van der Waals surface area contributed by atoms with Crippen LogP contribution in [0.25, 0.3) is 0 Å². The monoisotopic (exact) mass is 302 g/mol. The van der Waals surface area contributed by atoms with Gasteiger partial charge in [-0.3, -0.25) is 4.79 Å². The second kappa shape index (κ2) is 5.80. The van der Waals surface area contributed by atoms with Crippen LogP contribution in [0.1, 0.15) is 24.1 Å². The van der Waals surface area contributed by atoms with Crippen molar-refractivity contribution in [3.63, 3.8) is 0 Å². The molecule has 1 aliphatic rings. The highest BCUT2D eigenvalue weighted by Gasteiger charge is 2.19. The first-order valence-electron chi connectivity index (χ1n) is 5.51. The van der Waals surface area contributed by atoms with E-state index in [4.69, 9.17) is 0 Å². The van der Waals surface area contributed by atoms with E-state index in [9.17, 15) is 4.79 Å². The molecule has 1 amide bonds. The highest BCUT2D eigenvalue weighted by molar-refractivity contribution is 9.11. The molecule has 0 bridgehead atoms. The van der Waals surface area contributed by atoms with Crippen LogP contribution in [0.5, 0.6) is 0 Å². The minimum Gasteiger partial charge on any atom is -0.350 e. The van der Waals surface area contributed by atoms with Gasteiger partial charge in [0, 0.05) is 4.88 Å². The summed E-state index contributed by atoms with van der Waals surface area (Å²) in [6.45, 7) is 1.59. The summed E-state index contributed by atoms with van der Waals surface area (Å²) < 4.78 is 1.10. The van der Waals surface area contributed by atoms with Gasteiger partial charge in [-0.05, 0) is 47.4 Å². The van der Waals surface area contributed by atoms with E-state index in [2.05, 4.69) is 26.6 Å². The predicted molar refractivity (Wildman–Crippen MR) is 69.5 cm³/mol. The van der Waals surface area contributed by atoms with Crippen LogP contribution < -0.4 is 10.6 Å². The lowest BCUT2D eigenvalue weighted by atomic mass is 10.0. The van der Waals surface area contributed by atoms with Crippen molar-refractivity contribution in [3.8, 4) is 0 Å². The summed E-state index contributed by atoms with van der Waals surface area (Å²) in [5.41, 5.74) is 0. The van der Waals surface area contributed by atoms with E-state index >= 15 is 0 Å². The molecule has 0 unspecified atom stereocenters. The standard InChI is InChI=1S/C11H15BrN2OS/c12-10-5-4-8(16-10)7-14-11(15)9-3-1-2-6-13-9/h4-5,9,13H,1-3,6-7H2,(H,14,15)/t9-/m0/s1. The summed E-state index contributed by atoms with van der Waals surface area (Å²) in [4.78, 5) is 13.0. The fourth-order valence-electron chi connectivity index (χ4n) is 1.82. The third kappa shape index (κ3) is 3.30. The predicted octanol–water partition coefficient (Wildman–Crippen LogP) is 2.27. The highest BCUT2D eigenvalue weighted by Crippen LogP contribution is 2.21. The molecule has 2 N–H and O–H groups in total. The van der Waals surface area contributed by atoms with Gasteiger partial charge >= 0.3 is 0 Å². The van der Waals surface area contributed by atoms with Crippen molar-refractivity contribution >= 4 is 33.2 Å². The van der Waals surface area contributed by atoms with Gasteiger partial charge in [0.05, 0.1) is 16.4 Å². The average Bonchev–Trinajstić information content (AvgIpc) is 2.73. The number of rotatable bonds is 3. The Kier molecular flexibility index (Phi) is 4.37. The fraction of sp³-hybridized carbons (Fsp3) is 0.545. The van der Waals surface area contributed by atoms with E-state index in [-0.39, 0.29) is 11.9 Å². The Balaban J connectivity index is 1.78. The molecule has 1 aromatic rings. The van der Waals surface area contributed by atoms with Crippen molar-refractivity contribution in [1.29, 1.82) is 0 Å². The normalized spacial score (nSPS) is 20.7. The number of hydrogen-bond donors (Lipinski definition) is 2. The zero-order valence-corrected chi connectivity index (χ0v) is 11.4. The van der Waals surface area contributed by atoms with E-state index < -0.39 is 0 Å². The maximum absolute atomic E-state index is 11.8. The van der Waals surface area contributed by atoms with E-state index in [1.165, 1.54) is 11.3 Å². The van der Waals surface area contributed by atoms with Gasteiger partial charge in [-0.1, -0.05) is 6.42 Å². The second-order valence-corrected chi connectivity index (χ2v) is 6.47. The minimum atomic E-state index is 0.0113. The molecule has 1 saturated heterocycles. The number of carbonyl (C=O) groups excluding carboxylic acids is 1. The summed E-state index contributed by atoms with van der Waals surface area (Å²) in [5, 5.41) is 6.21. The third-order valence-corrected chi connectivity index (χ3v) is 4.32. The zero-order chi connectivity index (χ0) is 11.4. The van der Waals surface area contributed by atoms with Gasteiger partial charge in [-0.25, -0.2) is 0 Å². The molecule has 5 heteroatoms. The Morgan fingerprint density at radius 1 is 1.56 bits per heavy atom. The lowest BCUT2D eigenvalue weighted by molar-refractivity contribution is -0.123. The molecular formula is C11H15BrN2OS. The number of amides is 1. The summed E-state index contributed by atoms with van der Waals surface area (Å²) in [7, 11) is 0. The van der Waals surface area contributed by atoms with Crippen LogP contribution in [0.2, 0.25) is 0 Å². The van der Waals surface area contributed by atoms with Crippen LogP contribution in [-0.4, -0.2) is 18.5 Å². The molecule has 2 heterocycles. The van der Waals surface area contributed by atoms with Crippen molar-refractivity contribution in [3.05, 3.63) is 20.8 Å². The zero-order valence-electron chi connectivity index (χ0n) is 8.96. The Morgan fingerprint density at radius 3 is 3.06 bits per heavy atom. The Labute approximate surface area is 108 Å². The van der Waals surface area contributed by atoms with Crippen LogP contribution in [0.3, 0.4) is 0 Å². The van der Waals surface area contributed by atoms with E-state index in [1.807, 2.05) is 12.1 Å². The first-order valence-corrected chi connectivity index (χ1v) is 7.12. The van der Waals surface area contributed by atoms with Crippen molar-refractivity contribution in [2.45, 2.75) is 31.8 Å². The lowest BCUT2D eigenvalue weighted by Crippen LogP contribution is -2.46. The second-order valence-electron chi connectivity index (χ2n) is 3.93. The first kappa shape index (κ1) is 12.1.